The molecule has 5 heteroatoms. The van der Waals surface area contributed by atoms with E-state index in [2.05, 4.69) is 11.6 Å². The molecule has 0 aliphatic heterocycles. The van der Waals surface area contributed by atoms with Crippen LogP contribution in [-0.2, 0) is 0 Å². The van der Waals surface area contributed by atoms with Gasteiger partial charge in [0.05, 0.1) is 4.92 Å². The van der Waals surface area contributed by atoms with Crippen LogP contribution < -0.4 is 5.32 Å². The number of thioether (sulfide) groups is 1. The Morgan fingerprint density at radius 2 is 2.17 bits per heavy atom. The van der Waals surface area contributed by atoms with E-state index >= 15 is 0 Å². The van der Waals surface area contributed by atoms with Crippen LogP contribution in [0.4, 0.5) is 11.4 Å². The van der Waals surface area contributed by atoms with E-state index in [4.69, 9.17) is 0 Å². The number of nitro groups is 1. The van der Waals surface area contributed by atoms with Crippen LogP contribution in [0, 0.1) is 17.0 Å². The third-order valence-corrected chi connectivity index (χ3v) is 4.46. The van der Waals surface area contributed by atoms with Crippen LogP contribution in [0.25, 0.3) is 0 Å². The molecule has 98 valence electrons. The van der Waals surface area contributed by atoms with E-state index in [0.717, 1.165) is 29.3 Å². The van der Waals surface area contributed by atoms with Gasteiger partial charge in [-0.1, -0.05) is 0 Å². The summed E-state index contributed by atoms with van der Waals surface area (Å²) in [5, 5.41) is 15.0. The van der Waals surface area contributed by atoms with Gasteiger partial charge < -0.3 is 5.32 Å². The number of anilines is 1. The molecule has 1 aromatic rings. The van der Waals surface area contributed by atoms with Gasteiger partial charge in [0.1, 0.15) is 0 Å². The minimum atomic E-state index is -0.336. The Balaban J connectivity index is 2.07. The fraction of sp³-hybridized carbons (Fsp3) is 0.538. The molecular weight excluding hydrogens is 248 g/mol. The number of benzene rings is 1. The number of hydrogen-bond acceptors (Lipinski definition) is 4. The van der Waals surface area contributed by atoms with Crippen LogP contribution in [-0.4, -0.2) is 22.5 Å². The minimum absolute atomic E-state index is 0.164. The maximum absolute atomic E-state index is 10.8. The van der Waals surface area contributed by atoms with Crippen LogP contribution in [0.3, 0.4) is 0 Å². The van der Waals surface area contributed by atoms with Crippen LogP contribution in [0.5, 0.6) is 0 Å². The van der Waals surface area contributed by atoms with Crippen molar-refractivity contribution in [2.45, 2.75) is 37.5 Å². The van der Waals surface area contributed by atoms with Gasteiger partial charge in [-0.05, 0) is 44.1 Å². The van der Waals surface area contributed by atoms with Crippen LogP contribution in [0.15, 0.2) is 18.2 Å². The zero-order valence-electron chi connectivity index (χ0n) is 10.7. The number of non-ortho nitro benzene ring substituents is 1. The highest BCUT2D eigenvalue weighted by molar-refractivity contribution is 7.99. The molecule has 2 unspecified atom stereocenters. The smallest absolute Gasteiger partial charge is 0.271 e. The summed E-state index contributed by atoms with van der Waals surface area (Å²) >= 11 is 1.91. The fourth-order valence-corrected chi connectivity index (χ4v) is 3.27. The Kier molecular flexibility index (Phi) is 4.11. The van der Waals surface area contributed by atoms with Gasteiger partial charge >= 0.3 is 0 Å². The largest absolute Gasteiger partial charge is 0.382 e. The topological polar surface area (TPSA) is 55.2 Å². The van der Waals surface area contributed by atoms with Gasteiger partial charge in [0, 0.05) is 29.1 Å². The molecule has 0 bridgehead atoms. The summed E-state index contributed by atoms with van der Waals surface area (Å²) in [5.74, 6) is 0. The van der Waals surface area contributed by atoms with E-state index in [9.17, 15) is 10.1 Å². The molecule has 1 aliphatic carbocycles. The number of rotatable bonds is 4. The fourth-order valence-electron chi connectivity index (χ4n) is 2.47. The third-order valence-electron chi connectivity index (χ3n) is 3.36. The third kappa shape index (κ3) is 3.16. The Bertz CT molecular complexity index is 451. The van der Waals surface area contributed by atoms with E-state index < -0.39 is 0 Å². The van der Waals surface area contributed by atoms with Crippen molar-refractivity contribution in [1.82, 2.24) is 0 Å². The molecule has 18 heavy (non-hydrogen) atoms. The summed E-state index contributed by atoms with van der Waals surface area (Å²) in [6, 6.07) is 5.65. The predicted molar refractivity (Wildman–Crippen MR) is 76.4 cm³/mol. The molecule has 0 aromatic heterocycles. The molecule has 4 nitrogen and oxygen atoms in total. The van der Waals surface area contributed by atoms with Crippen molar-refractivity contribution < 1.29 is 4.92 Å². The molecule has 1 aromatic carbocycles. The number of nitrogens with one attached hydrogen (secondary N) is 1. The van der Waals surface area contributed by atoms with Gasteiger partial charge in [0.15, 0.2) is 0 Å². The zero-order chi connectivity index (χ0) is 13.1. The number of aryl methyl sites for hydroxylation is 1. The van der Waals surface area contributed by atoms with E-state index in [1.165, 1.54) is 6.42 Å². The van der Waals surface area contributed by atoms with E-state index in [0.29, 0.717) is 6.04 Å². The highest BCUT2D eigenvalue weighted by Gasteiger charge is 2.24. The second kappa shape index (κ2) is 5.61. The molecule has 1 saturated carbocycles. The SMILES string of the molecule is CSC1CCC(Nc2cc(C)cc([N+](=O)[O-])c2)C1. The monoisotopic (exact) mass is 266 g/mol. The first-order valence-corrected chi connectivity index (χ1v) is 7.42. The van der Waals surface area contributed by atoms with Crippen LogP contribution in [0.1, 0.15) is 24.8 Å². The molecule has 2 atom stereocenters. The van der Waals surface area contributed by atoms with Crippen molar-refractivity contribution in [3.63, 3.8) is 0 Å². The van der Waals surface area contributed by atoms with E-state index in [1.807, 2.05) is 24.8 Å². The molecular formula is C13H18N2O2S. The Labute approximate surface area is 111 Å². The quantitative estimate of drug-likeness (QED) is 0.668. The predicted octanol–water partition coefficient (Wildman–Crippen LogP) is 3.60. The minimum Gasteiger partial charge on any atom is -0.382 e. The summed E-state index contributed by atoms with van der Waals surface area (Å²) in [6.07, 6.45) is 5.66. The first-order chi connectivity index (χ1) is 8.58. The highest BCUT2D eigenvalue weighted by atomic mass is 32.2. The number of hydrogen-bond donors (Lipinski definition) is 1. The second-order valence-corrected chi connectivity index (χ2v) is 5.96. The average molecular weight is 266 g/mol. The van der Waals surface area contributed by atoms with Gasteiger partial charge in [0.25, 0.3) is 5.69 Å². The van der Waals surface area contributed by atoms with Gasteiger partial charge in [-0.25, -0.2) is 0 Å². The maximum Gasteiger partial charge on any atom is 0.271 e. The lowest BCUT2D eigenvalue weighted by Gasteiger charge is -2.14. The highest BCUT2D eigenvalue weighted by Crippen LogP contribution is 2.31. The standard InChI is InChI=1S/C13H18N2O2S/c1-9-5-11(7-12(6-9)15(16)17)14-10-3-4-13(8-10)18-2/h5-7,10,13-14H,3-4,8H2,1-2H3. The molecule has 0 saturated heterocycles. The lowest BCUT2D eigenvalue weighted by Crippen LogP contribution is -2.16. The molecule has 0 amide bonds. The Morgan fingerprint density at radius 3 is 2.78 bits per heavy atom. The first kappa shape index (κ1) is 13.2. The molecule has 0 heterocycles. The lowest BCUT2D eigenvalue weighted by molar-refractivity contribution is -0.384. The van der Waals surface area contributed by atoms with Crippen molar-refractivity contribution in [2.24, 2.45) is 0 Å². The van der Waals surface area contributed by atoms with Crippen LogP contribution in [0.2, 0.25) is 0 Å². The molecule has 0 spiro atoms. The van der Waals surface area contributed by atoms with Crippen molar-refractivity contribution in [1.29, 1.82) is 0 Å². The van der Waals surface area contributed by atoms with Gasteiger partial charge in [0.2, 0.25) is 0 Å². The summed E-state index contributed by atoms with van der Waals surface area (Å²) in [4.78, 5) is 10.5. The summed E-state index contributed by atoms with van der Waals surface area (Å²) in [6.45, 7) is 1.89. The average Bonchev–Trinajstić information content (AvgIpc) is 2.76. The van der Waals surface area contributed by atoms with E-state index in [-0.39, 0.29) is 10.6 Å². The number of nitrogens with zero attached hydrogens (tertiary/aromatic N) is 1. The normalized spacial score (nSPS) is 23.0. The van der Waals surface area contributed by atoms with E-state index in [1.54, 1.807) is 12.1 Å². The number of nitro benzene ring substituents is 1. The lowest BCUT2D eigenvalue weighted by atomic mass is 10.1. The first-order valence-electron chi connectivity index (χ1n) is 6.14. The van der Waals surface area contributed by atoms with Crippen molar-refractivity contribution in [2.75, 3.05) is 11.6 Å². The maximum atomic E-state index is 10.8. The second-order valence-electron chi connectivity index (χ2n) is 4.83. The summed E-state index contributed by atoms with van der Waals surface area (Å²) in [5.41, 5.74) is 1.96. The van der Waals surface area contributed by atoms with Crippen molar-refractivity contribution in [3.05, 3.63) is 33.9 Å². The Hall–Kier alpha value is -1.23. The van der Waals surface area contributed by atoms with Gasteiger partial charge in [-0.2, -0.15) is 11.8 Å². The molecule has 1 fully saturated rings. The summed E-state index contributed by atoms with van der Waals surface area (Å²) in [7, 11) is 0. The van der Waals surface area contributed by atoms with Gasteiger partial charge in [-0.3, -0.25) is 10.1 Å². The summed E-state index contributed by atoms with van der Waals surface area (Å²) < 4.78 is 0. The molecule has 1 aliphatic rings. The molecule has 1 N–H and O–H groups in total. The van der Waals surface area contributed by atoms with Gasteiger partial charge in [-0.15, -0.1) is 0 Å². The molecule has 2 rings (SSSR count). The molecule has 0 radical (unpaired) electrons. The van der Waals surface area contributed by atoms with Crippen molar-refractivity contribution >= 4 is 23.1 Å². The van der Waals surface area contributed by atoms with Crippen LogP contribution >= 0.6 is 11.8 Å². The Morgan fingerprint density at radius 1 is 1.39 bits per heavy atom. The van der Waals surface area contributed by atoms with Crippen molar-refractivity contribution in [3.8, 4) is 0 Å². The zero-order valence-corrected chi connectivity index (χ0v) is 11.5.